The predicted molar refractivity (Wildman–Crippen MR) is 78.4 cm³/mol. The van der Waals surface area contributed by atoms with E-state index in [0.717, 1.165) is 23.5 Å². The molecule has 0 fully saturated rings. The van der Waals surface area contributed by atoms with Crippen molar-refractivity contribution >= 4 is 0 Å². The van der Waals surface area contributed by atoms with Crippen molar-refractivity contribution in [3.63, 3.8) is 0 Å². The molecule has 0 saturated carbocycles. The first-order valence-electron chi connectivity index (χ1n) is 6.82. The Morgan fingerprint density at radius 1 is 1.05 bits per heavy atom. The Hall–Kier alpha value is -1.30. The van der Waals surface area contributed by atoms with E-state index in [1.165, 1.54) is 0 Å². The molecular weight excluding hydrogens is 258 g/mol. The maximum Gasteiger partial charge on any atom is 0.127 e. The number of rotatable bonds is 10. The van der Waals surface area contributed by atoms with Gasteiger partial charge >= 0.3 is 0 Å². The molecule has 1 atom stereocenters. The summed E-state index contributed by atoms with van der Waals surface area (Å²) in [6, 6.07) is 5.56. The summed E-state index contributed by atoms with van der Waals surface area (Å²) in [5, 5.41) is 0. The number of benzene rings is 1. The smallest absolute Gasteiger partial charge is 0.127 e. The Labute approximate surface area is 121 Å². The molecule has 1 aromatic rings. The molecule has 20 heavy (non-hydrogen) atoms. The molecule has 0 saturated heterocycles. The van der Waals surface area contributed by atoms with Gasteiger partial charge in [-0.15, -0.1) is 0 Å². The third-order valence-electron chi connectivity index (χ3n) is 2.82. The predicted octanol–water partition coefficient (Wildman–Crippen LogP) is 2.15. The van der Waals surface area contributed by atoms with Crippen LogP contribution in [0, 0.1) is 0 Å². The first kappa shape index (κ1) is 16.8. The van der Waals surface area contributed by atoms with Crippen molar-refractivity contribution in [3.8, 4) is 11.5 Å². The summed E-state index contributed by atoms with van der Waals surface area (Å²) in [4.78, 5) is 0. The van der Waals surface area contributed by atoms with Gasteiger partial charge in [0.2, 0.25) is 0 Å². The zero-order valence-electron chi connectivity index (χ0n) is 12.6. The van der Waals surface area contributed by atoms with Crippen molar-refractivity contribution in [2.24, 2.45) is 5.73 Å². The van der Waals surface area contributed by atoms with Crippen LogP contribution >= 0.6 is 0 Å². The number of methoxy groups -OCH3 is 2. The van der Waals surface area contributed by atoms with Crippen LogP contribution in [0.2, 0.25) is 0 Å². The Morgan fingerprint density at radius 3 is 2.45 bits per heavy atom. The van der Waals surface area contributed by atoms with Crippen LogP contribution in [0.4, 0.5) is 0 Å². The fourth-order valence-corrected chi connectivity index (χ4v) is 1.86. The average molecular weight is 283 g/mol. The van der Waals surface area contributed by atoms with E-state index in [1.807, 2.05) is 25.1 Å². The van der Waals surface area contributed by atoms with Gasteiger partial charge in [-0.1, -0.05) is 6.07 Å². The first-order chi connectivity index (χ1) is 9.70. The zero-order chi connectivity index (χ0) is 14.8. The van der Waals surface area contributed by atoms with Crippen LogP contribution in [0.15, 0.2) is 18.2 Å². The molecule has 0 aliphatic carbocycles. The largest absolute Gasteiger partial charge is 0.496 e. The van der Waals surface area contributed by atoms with E-state index < -0.39 is 0 Å². The summed E-state index contributed by atoms with van der Waals surface area (Å²) in [5.74, 6) is 1.53. The molecule has 5 heteroatoms. The van der Waals surface area contributed by atoms with Crippen LogP contribution in [0.5, 0.6) is 11.5 Å². The Morgan fingerprint density at radius 2 is 1.80 bits per heavy atom. The van der Waals surface area contributed by atoms with Gasteiger partial charge in [-0.25, -0.2) is 0 Å². The van der Waals surface area contributed by atoms with Crippen molar-refractivity contribution in [1.82, 2.24) is 0 Å². The standard InChI is InChI=1S/C15H25NO4/c1-12(16)15-13(18-3)6-4-7-14(15)20-9-5-8-19-11-10-17-2/h4,6-7,12H,5,8-11,16H2,1-3H3/t12-/m1/s1. The summed E-state index contributed by atoms with van der Waals surface area (Å²) < 4.78 is 21.4. The summed E-state index contributed by atoms with van der Waals surface area (Å²) in [6.45, 7) is 4.38. The molecule has 0 aliphatic rings. The third kappa shape index (κ3) is 5.36. The summed E-state index contributed by atoms with van der Waals surface area (Å²) in [5.41, 5.74) is 6.88. The van der Waals surface area contributed by atoms with Crippen LogP contribution < -0.4 is 15.2 Å². The molecule has 0 heterocycles. The molecule has 0 bridgehead atoms. The monoisotopic (exact) mass is 283 g/mol. The van der Waals surface area contributed by atoms with Crippen LogP contribution in [0.1, 0.15) is 24.9 Å². The van der Waals surface area contributed by atoms with E-state index in [1.54, 1.807) is 14.2 Å². The molecular formula is C15H25NO4. The van der Waals surface area contributed by atoms with E-state index in [0.29, 0.717) is 26.4 Å². The SMILES string of the molecule is COCCOCCCOc1cccc(OC)c1[C@@H](C)N. The molecule has 0 aliphatic heterocycles. The van der Waals surface area contributed by atoms with Gasteiger partial charge in [0.05, 0.1) is 32.5 Å². The van der Waals surface area contributed by atoms with E-state index >= 15 is 0 Å². The molecule has 2 N–H and O–H groups in total. The zero-order valence-corrected chi connectivity index (χ0v) is 12.6. The van der Waals surface area contributed by atoms with E-state index in [-0.39, 0.29) is 6.04 Å². The fourth-order valence-electron chi connectivity index (χ4n) is 1.86. The van der Waals surface area contributed by atoms with E-state index in [9.17, 15) is 0 Å². The fraction of sp³-hybridized carbons (Fsp3) is 0.600. The van der Waals surface area contributed by atoms with Crippen molar-refractivity contribution < 1.29 is 18.9 Å². The van der Waals surface area contributed by atoms with Gasteiger partial charge in [0.1, 0.15) is 11.5 Å². The summed E-state index contributed by atoms with van der Waals surface area (Å²) >= 11 is 0. The molecule has 0 spiro atoms. The quantitative estimate of drug-likeness (QED) is 0.667. The lowest BCUT2D eigenvalue weighted by Crippen LogP contribution is -2.11. The Balaban J connectivity index is 2.43. The van der Waals surface area contributed by atoms with Crippen LogP contribution in [0.25, 0.3) is 0 Å². The second-order valence-corrected chi connectivity index (χ2v) is 4.47. The molecule has 114 valence electrons. The first-order valence-corrected chi connectivity index (χ1v) is 6.82. The van der Waals surface area contributed by atoms with Gasteiger partial charge < -0.3 is 24.7 Å². The minimum absolute atomic E-state index is 0.140. The van der Waals surface area contributed by atoms with Gasteiger partial charge in [-0.2, -0.15) is 0 Å². The van der Waals surface area contributed by atoms with E-state index in [4.69, 9.17) is 24.7 Å². The average Bonchev–Trinajstić information content (AvgIpc) is 2.45. The topological polar surface area (TPSA) is 62.9 Å². The van der Waals surface area contributed by atoms with E-state index in [2.05, 4.69) is 0 Å². The number of nitrogens with two attached hydrogens (primary N) is 1. The molecule has 0 aromatic heterocycles. The number of hydrogen-bond donors (Lipinski definition) is 1. The highest BCUT2D eigenvalue weighted by molar-refractivity contribution is 5.46. The highest BCUT2D eigenvalue weighted by Gasteiger charge is 2.13. The molecule has 0 amide bonds. The Kier molecular flexibility index (Phi) is 8.02. The summed E-state index contributed by atoms with van der Waals surface area (Å²) in [7, 11) is 3.29. The lowest BCUT2D eigenvalue weighted by atomic mass is 10.1. The van der Waals surface area contributed by atoms with Gasteiger partial charge in [0, 0.05) is 26.2 Å². The molecule has 5 nitrogen and oxygen atoms in total. The lowest BCUT2D eigenvalue weighted by molar-refractivity contribution is 0.0643. The van der Waals surface area contributed by atoms with Gasteiger partial charge in [-0.3, -0.25) is 0 Å². The highest BCUT2D eigenvalue weighted by Crippen LogP contribution is 2.32. The van der Waals surface area contributed by atoms with Crippen LogP contribution in [0.3, 0.4) is 0 Å². The maximum absolute atomic E-state index is 5.98. The highest BCUT2D eigenvalue weighted by atomic mass is 16.5. The lowest BCUT2D eigenvalue weighted by Gasteiger charge is -2.17. The van der Waals surface area contributed by atoms with Gasteiger partial charge in [0.25, 0.3) is 0 Å². The van der Waals surface area contributed by atoms with Crippen molar-refractivity contribution in [3.05, 3.63) is 23.8 Å². The van der Waals surface area contributed by atoms with Gasteiger partial charge in [-0.05, 0) is 19.1 Å². The molecule has 0 unspecified atom stereocenters. The molecule has 0 radical (unpaired) electrons. The van der Waals surface area contributed by atoms with Gasteiger partial charge in [0.15, 0.2) is 0 Å². The third-order valence-corrected chi connectivity index (χ3v) is 2.82. The Bertz CT molecular complexity index is 382. The minimum Gasteiger partial charge on any atom is -0.496 e. The second kappa shape index (κ2) is 9.58. The van der Waals surface area contributed by atoms with Crippen molar-refractivity contribution in [2.75, 3.05) is 40.6 Å². The maximum atomic E-state index is 5.98. The number of ether oxygens (including phenoxy) is 4. The minimum atomic E-state index is -0.140. The van der Waals surface area contributed by atoms with Crippen LogP contribution in [-0.4, -0.2) is 40.6 Å². The van der Waals surface area contributed by atoms with Crippen molar-refractivity contribution in [2.45, 2.75) is 19.4 Å². The molecule has 1 rings (SSSR count). The summed E-state index contributed by atoms with van der Waals surface area (Å²) in [6.07, 6.45) is 0.819. The molecule has 1 aromatic carbocycles. The van der Waals surface area contributed by atoms with Crippen molar-refractivity contribution in [1.29, 1.82) is 0 Å². The van der Waals surface area contributed by atoms with Crippen LogP contribution in [-0.2, 0) is 9.47 Å². The second-order valence-electron chi connectivity index (χ2n) is 4.47. The normalized spacial score (nSPS) is 12.2. The number of hydrogen-bond acceptors (Lipinski definition) is 5.